The molecule has 1 aromatic heterocycles. The first-order chi connectivity index (χ1) is 16.2. The Bertz CT molecular complexity index is 1110. The number of hydrazine groups is 1. The number of carbonyl (C=O) groups is 2. The molecule has 1 amide bonds. The Balaban J connectivity index is 1.74. The van der Waals surface area contributed by atoms with E-state index < -0.39 is 23.8 Å². The van der Waals surface area contributed by atoms with Gasteiger partial charge < -0.3 is 9.84 Å². The number of hydrogen-bond acceptors (Lipinski definition) is 7. The molecule has 0 saturated heterocycles. The molecule has 3 rings (SSSR count). The van der Waals surface area contributed by atoms with Crippen molar-refractivity contribution in [2.75, 3.05) is 13.2 Å². The number of amides is 1. The molecule has 9 nitrogen and oxygen atoms in total. The molecule has 0 spiro atoms. The molecule has 3 aromatic rings. The number of H-pyrrole nitrogens is 1. The summed E-state index contributed by atoms with van der Waals surface area (Å²) in [6.45, 7) is 3.83. The summed E-state index contributed by atoms with van der Waals surface area (Å²) in [5.74, 6) is -1.65. The first kappa shape index (κ1) is 25.3. The van der Waals surface area contributed by atoms with Crippen LogP contribution in [0.25, 0.3) is 11.1 Å². The van der Waals surface area contributed by atoms with Crippen LogP contribution in [0.1, 0.15) is 29.9 Å². The summed E-state index contributed by atoms with van der Waals surface area (Å²) in [4.78, 5) is 24.6. The zero-order valence-corrected chi connectivity index (χ0v) is 19.4. The van der Waals surface area contributed by atoms with Gasteiger partial charge in [-0.2, -0.15) is 0 Å². The van der Waals surface area contributed by atoms with Gasteiger partial charge in [-0.15, -0.1) is 5.10 Å². The van der Waals surface area contributed by atoms with E-state index in [1.54, 1.807) is 24.3 Å². The zero-order chi connectivity index (χ0) is 24.7. The highest BCUT2D eigenvalue weighted by Crippen LogP contribution is 2.26. The lowest BCUT2D eigenvalue weighted by atomic mass is 10.0. The summed E-state index contributed by atoms with van der Waals surface area (Å²) in [5, 5.41) is 21.7. The number of esters is 1. The van der Waals surface area contributed by atoms with Crippen molar-refractivity contribution in [2.45, 2.75) is 26.5 Å². The number of aliphatic hydroxyl groups excluding tert-OH is 1. The first-order valence-electron chi connectivity index (χ1n) is 10.5. The number of aromatic amines is 1. The fraction of sp³-hybridized carbons (Fsp3) is 0.304. The summed E-state index contributed by atoms with van der Waals surface area (Å²) >= 11 is 5.98. The van der Waals surface area contributed by atoms with E-state index in [1.807, 2.05) is 13.8 Å². The van der Waals surface area contributed by atoms with Crippen LogP contribution in [0, 0.1) is 11.7 Å². The van der Waals surface area contributed by atoms with E-state index in [1.165, 1.54) is 29.4 Å². The van der Waals surface area contributed by atoms with Crippen LogP contribution in [-0.2, 0) is 16.1 Å². The van der Waals surface area contributed by atoms with Crippen molar-refractivity contribution in [1.82, 2.24) is 25.8 Å². The minimum absolute atomic E-state index is 0.0358. The van der Waals surface area contributed by atoms with Crippen molar-refractivity contribution < 1.29 is 23.8 Å². The van der Waals surface area contributed by atoms with Gasteiger partial charge in [0.25, 0.3) is 5.91 Å². The average molecular weight is 490 g/mol. The summed E-state index contributed by atoms with van der Waals surface area (Å²) in [7, 11) is 0. The third-order valence-corrected chi connectivity index (χ3v) is 4.94. The highest BCUT2D eigenvalue weighted by molar-refractivity contribution is 6.30. The fourth-order valence-electron chi connectivity index (χ4n) is 3.02. The van der Waals surface area contributed by atoms with Gasteiger partial charge in [-0.05, 0) is 35.2 Å². The molecule has 11 heteroatoms. The van der Waals surface area contributed by atoms with Gasteiger partial charge in [0.2, 0.25) is 0 Å². The molecule has 0 bridgehead atoms. The minimum Gasteiger partial charge on any atom is -0.463 e. The second-order valence-electron chi connectivity index (χ2n) is 8.04. The molecule has 0 aliphatic rings. The largest absolute Gasteiger partial charge is 0.463 e. The summed E-state index contributed by atoms with van der Waals surface area (Å²) in [6, 6.07) is 11.2. The normalized spacial score (nSPS) is 12.1. The molecular weight excluding hydrogens is 465 g/mol. The van der Waals surface area contributed by atoms with Crippen LogP contribution < -0.4 is 5.43 Å². The number of aliphatic hydroxyl groups is 1. The molecule has 180 valence electrons. The summed E-state index contributed by atoms with van der Waals surface area (Å²) < 4.78 is 19.3. The number of carbonyl (C=O) groups excluding carboxylic acids is 2. The summed E-state index contributed by atoms with van der Waals surface area (Å²) in [5.41, 5.74) is 4.36. The first-order valence-corrected chi connectivity index (χ1v) is 10.9. The van der Waals surface area contributed by atoms with Crippen LogP contribution in [-0.4, -0.2) is 56.7 Å². The van der Waals surface area contributed by atoms with Crippen molar-refractivity contribution in [2.24, 2.45) is 5.92 Å². The third kappa shape index (κ3) is 7.08. The van der Waals surface area contributed by atoms with Gasteiger partial charge >= 0.3 is 5.97 Å². The van der Waals surface area contributed by atoms with Crippen LogP contribution in [0.2, 0.25) is 5.02 Å². The van der Waals surface area contributed by atoms with Crippen LogP contribution in [0.4, 0.5) is 4.39 Å². The monoisotopic (exact) mass is 489 g/mol. The van der Waals surface area contributed by atoms with Crippen molar-refractivity contribution in [3.63, 3.8) is 0 Å². The maximum absolute atomic E-state index is 14.2. The SMILES string of the molecule is CC(C)COC(=O)[C@H](O)CN(Cc1ccc(-c2cc(Cl)ccc2F)cc1)NC(=O)c1c[nH]nn1. The fourth-order valence-corrected chi connectivity index (χ4v) is 3.19. The van der Waals surface area contributed by atoms with Gasteiger partial charge in [0.05, 0.1) is 19.3 Å². The Hall–Kier alpha value is -3.34. The standard InChI is InChI=1S/C23H25ClFN5O4/c1-14(2)13-34-23(33)21(31)12-30(28-22(32)20-10-26-29-27-20)11-15-3-5-16(6-4-15)18-9-17(24)7-8-19(18)25/h3-10,14,21,31H,11-13H2,1-2H3,(H,28,32)(H,26,27,29)/t21-/m1/s1. The molecule has 0 aliphatic carbocycles. The topological polar surface area (TPSA) is 120 Å². The number of hydrogen-bond donors (Lipinski definition) is 3. The van der Waals surface area contributed by atoms with E-state index >= 15 is 0 Å². The predicted octanol–water partition coefficient (Wildman–Crippen LogP) is 2.97. The van der Waals surface area contributed by atoms with E-state index in [-0.39, 0.29) is 31.3 Å². The lowest BCUT2D eigenvalue weighted by Crippen LogP contribution is -2.47. The number of benzene rings is 2. The van der Waals surface area contributed by atoms with Crippen LogP contribution in [0.3, 0.4) is 0 Å². The van der Waals surface area contributed by atoms with Crippen LogP contribution in [0.5, 0.6) is 0 Å². The Kier molecular flexibility index (Phi) is 8.69. The Morgan fingerprint density at radius 1 is 1.24 bits per heavy atom. The molecule has 0 saturated carbocycles. The zero-order valence-electron chi connectivity index (χ0n) is 18.7. The van der Waals surface area contributed by atoms with Gasteiger partial charge in [0.15, 0.2) is 11.8 Å². The lowest BCUT2D eigenvalue weighted by molar-refractivity contribution is -0.156. The van der Waals surface area contributed by atoms with Gasteiger partial charge in [-0.1, -0.05) is 54.9 Å². The molecule has 0 unspecified atom stereocenters. The molecule has 0 aliphatic heterocycles. The van der Waals surface area contributed by atoms with Crippen molar-refractivity contribution in [3.05, 3.63) is 70.8 Å². The molecule has 34 heavy (non-hydrogen) atoms. The predicted molar refractivity (Wildman–Crippen MR) is 123 cm³/mol. The second kappa shape index (κ2) is 11.7. The molecule has 0 radical (unpaired) electrons. The number of nitrogens with zero attached hydrogens (tertiary/aromatic N) is 3. The Labute approximate surface area is 200 Å². The van der Waals surface area contributed by atoms with Gasteiger partial charge in [0, 0.05) is 17.1 Å². The number of aromatic nitrogens is 3. The smallest absolute Gasteiger partial charge is 0.336 e. The second-order valence-corrected chi connectivity index (χ2v) is 8.48. The highest BCUT2D eigenvalue weighted by Gasteiger charge is 2.23. The van der Waals surface area contributed by atoms with E-state index in [2.05, 4.69) is 20.8 Å². The quantitative estimate of drug-likeness (QED) is 0.296. The van der Waals surface area contributed by atoms with Crippen molar-refractivity contribution in [3.8, 4) is 11.1 Å². The maximum atomic E-state index is 14.2. The van der Waals surface area contributed by atoms with Gasteiger partial charge in [-0.3, -0.25) is 15.3 Å². The molecule has 3 N–H and O–H groups in total. The Morgan fingerprint density at radius 3 is 2.62 bits per heavy atom. The van der Waals surface area contributed by atoms with Gasteiger partial charge in [-0.25, -0.2) is 14.2 Å². The molecule has 1 atom stereocenters. The number of halogens is 2. The number of nitrogens with one attached hydrogen (secondary N) is 2. The third-order valence-electron chi connectivity index (χ3n) is 4.70. The van der Waals surface area contributed by atoms with E-state index in [0.29, 0.717) is 16.1 Å². The van der Waals surface area contributed by atoms with Crippen LogP contribution >= 0.6 is 11.6 Å². The van der Waals surface area contributed by atoms with E-state index in [0.717, 1.165) is 5.56 Å². The van der Waals surface area contributed by atoms with Crippen LogP contribution in [0.15, 0.2) is 48.7 Å². The van der Waals surface area contributed by atoms with Crippen molar-refractivity contribution >= 4 is 23.5 Å². The molecule has 1 heterocycles. The average Bonchev–Trinajstić information content (AvgIpc) is 3.35. The molecule has 2 aromatic carbocycles. The molecular formula is C23H25ClFN5O4. The minimum atomic E-state index is -1.49. The molecule has 0 fully saturated rings. The number of rotatable bonds is 10. The van der Waals surface area contributed by atoms with Gasteiger partial charge in [0.1, 0.15) is 5.82 Å². The highest BCUT2D eigenvalue weighted by atomic mass is 35.5. The lowest BCUT2D eigenvalue weighted by Gasteiger charge is -2.25. The Morgan fingerprint density at radius 2 is 1.97 bits per heavy atom. The van der Waals surface area contributed by atoms with Crippen molar-refractivity contribution in [1.29, 1.82) is 0 Å². The van der Waals surface area contributed by atoms with E-state index in [9.17, 15) is 19.1 Å². The number of ether oxygens (including phenoxy) is 1. The van der Waals surface area contributed by atoms with E-state index in [4.69, 9.17) is 16.3 Å². The maximum Gasteiger partial charge on any atom is 0.336 e. The summed E-state index contributed by atoms with van der Waals surface area (Å²) in [6.07, 6.45) is -0.175.